The van der Waals surface area contributed by atoms with Gasteiger partial charge in [0, 0.05) is 5.56 Å². The van der Waals surface area contributed by atoms with E-state index in [4.69, 9.17) is 5.41 Å². The van der Waals surface area contributed by atoms with Crippen LogP contribution in [0.5, 0.6) is 0 Å². The highest BCUT2D eigenvalue weighted by molar-refractivity contribution is 7.19. The fourth-order valence-corrected chi connectivity index (χ4v) is 4.00. The lowest BCUT2D eigenvalue weighted by Crippen LogP contribution is -2.20. The molecule has 23 heavy (non-hydrogen) atoms. The molecule has 7 heteroatoms. The number of nitrogens with zero attached hydrogens (tertiary/aromatic N) is 3. The number of hydrogen-bond donors (Lipinski definition) is 2. The topological polar surface area (TPSA) is 72.6 Å². The van der Waals surface area contributed by atoms with E-state index in [1.54, 1.807) is 17.6 Å². The molecule has 5 nitrogen and oxygen atoms in total. The number of amidine groups is 1. The molecule has 0 saturated heterocycles. The van der Waals surface area contributed by atoms with Crippen LogP contribution >= 0.6 is 22.7 Å². The monoisotopic (exact) mass is 340 g/mol. The highest BCUT2D eigenvalue weighted by Crippen LogP contribution is 2.33. The molecule has 0 aliphatic carbocycles. The van der Waals surface area contributed by atoms with Crippen LogP contribution in [-0.4, -0.2) is 33.7 Å². The van der Waals surface area contributed by atoms with E-state index in [9.17, 15) is 5.11 Å². The quantitative estimate of drug-likeness (QED) is 0.709. The fraction of sp³-hybridized carbons (Fsp3) is 0.0625. The van der Waals surface area contributed by atoms with Crippen LogP contribution in [0.4, 0.5) is 0 Å². The molecule has 0 radical (unpaired) electrons. The maximum atomic E-state index is 10.3. The van der Waals surface area contributed by atoms with Crippen LogP contribution < -0.4 is 0 Å². The van der Waals surface area contributed by atoms with E-state index in [1.807, 2.05) is 41.1 Å². The summed E-state index contributed by atoms with van der Waals surface area (Å²) < 4.78 is 1.04. The average Bonchev–Trinajstić information content (AvgIpc) is 3.24. The number of thiazole rings is 1. The average molecular weight is 340 g/mol. The van der Waals surface area contributed by atoms with Crippen LogP contribution in [0.2, 0.25) is 0 Å². The van der Waals surface area contributed by atoms with E-state index < -0.39 is 0 Å². The van der Waals surface area contributed by atoms with Gasteiger partial charge in [-0.15, -0.1) is 11.3 Å². The predicted octanol–water partition coefficient (Wildman–Crippen LogP) is 3.95. The van der Waals surface area contributed by atoms with Gasteiger partial charge in [0.05, 0.1) is 22.0 Å². The Hall–Kier alpha value is -2.51. The van der Waals surface area contributed by atoms with Gasteiger partial charge < -0.3 is 5.11 Å². The van der Waals surface area contributed by atoms with Crippen molar-refractivity contribution >= 4 is 50.5 Å². The Morgan fingerprint density at radius 1 is 1.30 bits per heavy atom. The first kappa shape index (κ1) is 14.1. The van der Waals surface area contributed by atoms with Gasteiger partial charge in [-0.2, -0.15) is 16.4 Å². The number of benzene rings is 1. The third kappa shape index (κ3) is 2.54. The van der Waals surface area contributed by atoms with Gasteiger partial charge in [-0.05, 0) is 29.0 Å². The fourth-order valence-electron chi connectivity index (χ4n) is 2.35. The number of aliphatic hydroxyl groups excluding tert-OH is 1. The van der Waals surface area contributed by atoms with Gasteiger partial charge in [0.1, 0.15) is 17.3 Å². The summed E-state index contributed by atoms with van der Waals surface area (Å²) in [5, 5.41) is 28.9. The van der Waals surface area contributed by atoms with E-state index in [2.05, 4.69) is 10.1 Å². The molecule has 3 heterocycles. The normalized spacial score (nSPS) is 15.5. The minimum absolute atomic E-state index is 0.136. The lowest BCUT2D eigenvalue weighted by atomic mass is 10.2. The van der Waals surface area contributed by atoms with E-state index in [0.717, 1.165) is 15.8 Å². The van der Waals surface area contributed by atoms with Crippen LogP contribution in [0.3, 0.4) is 0 Å². The van der Waals surface area contributed by atoms with E-state index in [-0.39, 0.29) is 18.1 Å². The minimum Gasteiger partial charge on any atom is -0.509 e. The van der Waals surface area contributed by atoms with Gasteiger partial charge in [0.25, 0.3) is 0 Å². The molecule has 0 atom stereocenters. The van der Waals surface area contributed by atoms with Crippen molar-refractivity contribution in [3.63, 3.8) is 0 Å². The number of hydrazone groups is 1. The van der Waals surface area contributed by atoms with Crippen LogP contribution in [0.15, 0.2) is 52.0 Å². The van der Waals surface area contributed by atoms with Crippen molar-refractivity contribution in [1.82, 2.24) is 9.99 Å². The summed E-state index contributed by atoms with van der Waals surface area (Å²) in [6, 6.07) is 9.75. The van der Waals surface area contributed by atoms with Crippen molar-refractivity contribution in [1.29, 1.82) is 5.41 Å². The highest BCUT2D eigenvalue weighted by Gasteiger charge is 2.30. The molecule has 0 spiro atoms. The number of fused-ring (bicyclic) bond motifs is 1. The van der Waals surface area contributed by atoms with Crippen molar-refractivity contribution in [3.8, 4) is 0 Å². The molecule has 0 bridgehead atoms. The van der Waals surface area contributed by atoms with Crippen molar-refractivity contribution in [2.75, 3.05) is 6.54 Å². The van der Waals surface area contributed by atoms with Crippen molar-refractivity contribution in [2.45, 2.75) is 0 Å². The van der Waals surface area contributed by atoms with E-state index in [1.165, 1.54) is 16.3 Å². The Bertz CT molecular complexity index is 907. The first-order chi connectivity index (χ1) is 11.2. The number of para-hydroxylation sites is 1. The molecule has 0 fully saturated rings. The van der Waals surface area contributed by atoms with Gasteiger partial charge in [0.15, 0.2) is 5.84 Å². The van der Waals surface area contributed by atoms with Crippen LogP contribution in [0, 0.1) is 5.41 Å². The molecule has 2 aromatic heterocycles. The second kappa shape index (κ2) is 5.60. The standard InChI is InChI=1S/C16H12N4OS2/c17-15-14(16-19-11-3-1-2-4-13(11)23-16)12(21)8-20(15)18-7-10-5-6-22-9-10/h1-7,9,17,21H,8H2/b17-15?,18-7+. The molecule has 1 aliphatic rings. The zero-order valence-corrected chi connectivity index (χ0v) is 13.6. The summed E-state index contributed by atoms with van der Waals surface area (Å²) in [6.45, 7) is 0.199. The zero-order chi connectivity index (χ0) is 15.8. The van der Waals surface area contributed by atoms with Crippen molar-refractivity contribution < 1.29 is 5.11 Å². The number of aliphatic hydroxyl groups is 1. The summed E-state index contributed by atoms with van der Waals surface area (Å²) in [5.41, 5.74) is 2.32. The molecule has 0 amide bonds. The Balaban J connectivity index is 1.64. The molecule has 4 rings (SSSR count). The number of rotatable bonds is 3. The molecular formula is C16H12N4OS2. The lowest BCUT2D eigenvalue weighted by Gasteiger charge is -2.10. The molecule has 1 aliphatic heterocycles. The van der Waals surface area contributed by atoms with Gasteiger partial charge in [-0.1, -0.05) is 12.1 Å². The summed E-state index contributed by atoms with van der Waals surface area (Å²) in [7, 11) is 0. The Kier molecular flexibility index (Phi) is 3.44. The van der Waals surface area contributed by atoms with Gasteiger partial charge in [-0.3, -0.25) is 5.41 Å². The summed E-state index contributed by atoms with van der Waals surface area (Å²) in [5.74, 6) is 0.310. The Morgan fingerprint density at radius 2 is 2.17 bits per heavy atom. The second-order valence-corrected chi connectivity index (χ2v) is 6.83. The van der Waals surface area contributed by atoms with Gasteiger partial charge in [-0.25, -0.2) is 9.99 Å². The summed E-state index contributed by atoms with van der Waals surface area (Å²) in [4.78, 5) is 4.52. The largest absolute Gasteiger partial charge is 0.509 e. The highest BCUT2D eigenvalue weighted by atomic mass is 32.1. The second-order valence-electron chi connectivity index (χ2n) is 5.02. The molecule has 0 unspecified atom stereocenters. The molecule has 0 saturated carbocycles. The number of nitrogens with one attached hydrogen (secondary N) is 1. The third-order valence-corrected chi connectivity index (χ3v) is 5.24. The van der Waals surface area contributed by atoms with Gasteiger partial charge >= 0.3 is 0 Å². The number of thiophene rings is 1. The SMILES string of the molecule is N=C1C(c2nc3ccccc3s2)=C(O)CN1/N=C/c1ccsc1. The summed E-state index contributed by atoms with van der Waals surface area (Å²) >= 11 is 3.06. The number of hydrogen-bond acceptors (Lipinski definition) is 6. The van der Waals surface area contributed by atoms with E-state index in [0.29, 0.717) is 10.6 Å². The molecule has 2 N–H and O–H groups in total. The van der Waals surface area contributed by atoms with Crippen LogP contribution in [0.1, 0.15) is 10.6 Å². The minimum atomic E-state index is 0.136. The van der Waals surface area contributed by atoms with Gasteiger partial charge in [0.2, 0.25) is 0 Å². The van der Waals surface area contributed by atoms with Crippen molar-refractivity contribution in [2.24, 2.45) is 5.10 Å². The molecule has 114 valence electrons. The molecular weight excluding hydrogens is 328 g/mol. The van der Waals surface area contributed by atoms with Crippen LogP contribution in [-0.2, 0) is 0 Å². The first-order valence-electron chi connectivity index (χ1n) is 6.93. The number of aromatic nitrogens is 1. The Labute approximate surface area is 140 Å². The predicted molar refractivity (Wildman–Crippen MR) is 95.5 cm³/mol. The molecule has 1 aromatic carbocycles. The third-order valence-electron chi connectivity index (χ3n) is 3.48. The first-order valence-corrected chi connectivity index (χ1v) is 8.69. The smallest absolute Gasteiger partial charge is 0.155 e. The van der Waals surface area contributed by atoms with Crippen LogP contribution in [0.25, 0.3) is 15.8 Å². The maximum Gasteiger partial charge on any atom is 0.155 e. The summed E-state index contributed by atoms with van der Waals surface area (Å²) in [6.07, 6.45) is 1.69. The van der Waals surface area contributed by atoms with Crippen molar-refractivity contribution in [3.05, 3.63) is 57.4 Å². The Morgan fingerprint density at radius 3 is 2.96 bits per heavy atom. The van der Waals surface area contributed by atoms with E-state index >= 15 is 0 Å². The lowest BCUT2D eigenvalue weighted by molar-refractivity contribution is 0.358. The maximum absolute atomic E-state index is 10.3. The molecule has 3 aromatic rings. The zero-order valence-electron chi connectivity index (χ0n) is 11.9.